The third-order valence-corrected chi connectivity index (χ3v) is 14.0. The molecule has 5 N–H and O–H groups in total. The van der Waals surface area contributed by atoms with Crippen molar-refractivity contribution >= 4 is 52.6 Å². The van der Waals surface area contributed by atoms with E-state index in [2.05, 4.69) is 73.6 Å². The highest BCUT2D eigenvalue weighted by atomic mass is 16.6. The van der Waals surface area contributed by atoms with Crippen molar-refractivity contribution < 1.29 is 38.6 Å². The van der Waals surface area contributed by atoms with Gasteiger partial charge in [0, 0.05) is 70.0 Å². The Morgan fingerprint density at radius 3 is 1.58 bits per heavy atom. The number of benzene rings is 3. The quantitative estimate of drug-likeness (QED) is 0.0677. The van der Waals surface area contributed by atoms with Gasteiger partial charge in [-0.1, -0.05) is 64.1 Å². The van der Waals surface area contributed by atoms with Gasteiger partial charge in [0.2, 0.25) is 29.5 Å². The molecule has 3 aliphatic heterocycles. The zero-order chi connectivity index (χ0) is 51.1. The van der Waals surface area contributed by atoms with Gasteiger partial charge in [0.05, 0.1) is 25.2 Å². The zero-order valence-corrected chi connectivity index (χ0v) is 42.5. The SMILES string of the molecule is COC(=O)NC(C(=O)N1CCC[C@H]1C(=O)Nc1ccc(C2CCC(c3ccc(NC(=O)[C@@H]4CCCN4C(=O)[C@@H](NC(C)(O)OC)C(C)C)cc3)N2c2ccc(-c3ccc(N(C)C)nc3)cc2)cc1)C(C)C. The number of carbonyl (C=O) groups is 5. The van der Waals surface area contributed by atoms with Crippen molar-refractivity contribution in [1.82, 2.24) is 25.4 Å². The first kappa shape index (κ1) is 52.3. The fourth-order valence-electron chi connectivity index (χ4n) is 10.0. The highest BCUT2D eigenvalue weighted by molar-refractivity contribution is 5.99. The van der Waals surface area contributed by atoms with E-state index in [1.807, 2.05) is 95.4 Å². The molecule has 3 fully saturated rings. The summed E-state index contributed by atoms with van der Waals surface area (Å²) in [5.41, 5.74) is 6.48. The average molecular weight is 974 g/mol. The van der Waals surface area contributed by atoms with Crippen LogP contribution in [-0.4, -0.2) is 121 Å². The predicted octanol–water partition coefficient (Wildman–Crippen LogP) is 7.06. The number of aromatic nitrogens is 1. The summed E-state index contributed by atoms with van der Waals surface area (Å²) in [5, 5.41) is 22.2. The fourth-order valence-corrected chi connectivity index (χ4v) is 10.0. The minimum absolute atomic E-state index is 0.0158. The molecule has 1 aromatic heterocycles. The van der Waals surface area contributed by atoms with Gasteiger partial charge in [-0.25, -0.2) is 9.78 Å². The Labute approximate surface area is 417 Å². The van der Waals surface area contributed by atoms with Gasteiger partial charge in [-0.3, -0.25) is 24.5 Å². The molecule has 3 saturated heterocycles. The van der Waals surface area contributed by atoms with Gasteiger partial charge in [-0.15, -0.1) is 0 Å². The zero-order valence-electron chi connectivity index (χ0n) is 42.5. The number of likely N-dealkylation sites (tertiary alicyclic amines) is 2. The third kappa shape index (κ3) is 12.1. The lowest BCUT2D eigenvalue weighted by Gasteiger charge is -2.34. The van der Waals surface area contributed by atoms with E-state index in [4.69, 9.17) is 9.47 Å². The van der Waals surface area contributed by atoms with E-state index >= 15 is 0 Å². The molecule has 17 heteroatoms. The van der Waals surface area contributed by atoms with Gasteiger partial charge in [0.1, 0.15) is 23.9 Å². The molecule has 0 saturated carbocycles. The number of carbonyl (C=O) groups excluding carboxylic acids is 5. The van der Waals surface area contributed by atoms with Crippen molar-refractivity contribution in [3.63, 3.8) is 0 Å². The summed E-state index contributed by atoms with van der Waals surface area (Å²) in [4.78, 5) is 79.3. The van der Waals surface area contributed by atoms with Crippen LogP contribution in [0.25, 0.3) is 11.1 Å². The number of methoxy groups -OCH3 is 2. The molecule has 17 nitrogen and oxygen atoms in total. The van der Waals surface area contributed by atoms with Crippen molar-refractivity contribution in [3.05, 3.63) is 102 Å². The Hall–Kier alpha value is -6.56. The van der Waals surface area contributed by atoms with Crippen molar-refractivity contribution in [1.29, 1.82) is 0 Å². The number of aliphatic hydroxyl groups is 1. The molecule has 0 bridgehead atoms. The van der Waals surface area contributed by atoms with Crippen LogP contribution in [0.1, 0.15) is 96.4 Å². The van der Waals surface area contributed by atoms with Crippen LogP contribution in [0.3, 0.4) is 0 Å². The summed E-state index contributed by atoms with van der Waals surface area (Å²) in [6.45, 7) is 9.74. The third-order valence-electron chi connectivity index (χ3n) is 14.0. The van der Waals surface area contributed by atoms with Gasteiger partial charge >= 0.3 is 6.09 Å². The minimum atomic E-state index is -1.71. The number of hydrogen-bond acceptors (Lipinski definition) is 12. The van der Waals surface area contributed by atoms with Gasteiger partial charge < -0.3 is 50.1 Å². The molecule has 7 atom stereocenters. The second-order valence-electron chi connectivity index (χ2n) is 19.9. The van der Waals surface area contributed by atoms with Crippen LogP contribution in [0, 0.1) is 11.8 Å². The van der Waals surface area contributed by atoms with Crippen molar-refractivity contribution in [3.8, 4) is 11.1 Å². The lowest BCUT2D eigenvalue weighted by molar-refractivity contribution is -0.203. The van der Waals surface area contributed by atoms with Crippen LogP contribution >= 0.6 is 0 Å². The first-order chi connectivity index (χ1) is 33.9. The summed E-state index contributed by atoms with van der Waals surface area (Å²) >= 11 is 0. The number of hydrogen-bond donors (Lipinski definition) is 5. The molecule has 4 heterocycles. The van der Waals surface area contributed by atoms with E-state index in [9.17, 15) is 29.1 Å². The largest absolute Gasteiger partial charge is 0.453 e. The minimum Gasteiger partial charge on any atom is -0.453 e. The second-order valence-corrected chi connectivity index (χ2v) is 19.9. The van der Waals surface area contributed by atoms with Crippen molar-refractivity contribution in [2.45, 2.75) is 115 Å². The topological polar surface area (TPSA) is 198 Å². The normalized spacial score (nSPS) is 20.6. The van der Waals surface area contributed by atoms with E-state index in [-0.39, 0.29) is 47.5 Å². The smallest absolute Gasteiger partial charge is 0.407 e. The lowest BCUT2D eigenvalue weighted by atomic mass is 10.0. The van der Waals surface area contributed by atoms with E-state index in [0.29, 0.717) is 50.1 Å². The van der Waals surface area contributed by atoms with Gasteiger partial charge in [0.25, 0.3) is 0 Å². The highest BCUT2D eigenvalue weighted by Gasteiger charge is 2.42. The number of nitrogens with one attached hydrogen (secondary N) is 4. The summed E-state index contributed by atoms with van der Waals surface area (Å²) in [7, 11) is 6.54. The maximum absolute atomic E-state index is 13.8. The molecular formula is C54H71N9O8. The molecule has 5 amide bonds. The summed E-state index contributed by atoms with van der Waals surface area (Å²) in [5.74, 6) is -2.33. The molecule has 0 aliphatic carbocycles. The standard InChI is InChI=1S/C54H71N9O8/c1-33(2)47(58-53(68)70-8)51(66)61-30-10-12-44(61)49(64)56-39-21-14-36(15-22-39)42-27-28-43(63(42)41-25-18-35(19-26-41)38-20-29-46(55-32-38)60(6)7)37-16-23-40(24-17-37)57-50(65)45-13-11-31-62(45)52(67)48(34(3)4)59-54(5,69)71-9/h14-26,29,32-34,42-45,47-48,59,69H,10-13,27-28,30-31H2,1-9H3,(H,56,64)(H,57,65)(H,58,68)/t42?,43?,44-,45-,47?,48-,54?/m0/s1. The Morgan fingerprint density at radius 2 is 1.15 bits per heavy atom. The predicted molar refractivity (Wildman–Crippen MR) is 274 cm³/mol. The molecule has 0 spiro atoms. The monoisotopic (exact) mass is 974 g/mol. The number of pyridine rings is 1. The van der Waals surface area contributed by atoms with Crippen LogP contribution in [0.5, 0.6) is 0 Å². The molecule has 71 heavy (non-hydrogen) atoms. The summed E-state index contributed by atoms with van der Waals surface area (Å²) < 4.78 is 9.89. The fraction of sp³-hybridized carbons (Fsp3) is 0.481. The number of amides is 5. The molecular weight excluding hydrogens is 903 g/mol. The van der Waals surface area contributed by atoms with Crippen LogP contribution in [0.4, 0.5) is 27.7 Å². The number of alkyl carbamates (subject to hydrolysis) is 1. The highest BCUT2D eigenvalue weighted by Crippen LogP contribution is 2.47. The number of anilines is 4. The second kappa shape index (κ2) is 22.7. The molecule has 4 unspecified atom stereocenters. The van der Waals surface area contributed by atoms with Gasteiger partial charge in [-0.05, 0) is 116 Å². The van der Waals surface area contributed by atoms with Crippen LogP contribution in [0.2, 0.25) is 0 Å². The lowest BCUT2D eigenvalue weighted by Crippen LogP contribution is -2.59. The number of nitrogens with zero attached hydrogens (tertiary/aromatic N) is 5. The molecule has 3 aliphatic rings. The summed E-state index contributed by atoms with van der Waals surface area (Å²) in [6.07, 6.45) is 5.28. The average Bonchev–Trinajstić information content (AvgIpc) is 4.16. The first-order valence-corrected chi connectivity index (χ1v) is 24.7. The van der Waals surface area contributed by atoms with Crippen molar-refractivity contribution in [2.75, 3.05) is 61.8 Å². The van der Waals surface area contributed by atoms with Crippen LogP contribution in [-0.2, 0) is 28.7 Å². The Kier molecular flexibility index (Phi) is 16.7. The van der Waals surface area contributed by atoms with E-state index in [1.165, 1.54) is 21.1 Å². The molecule has 3 aromatic carbocycles. The van der Waals surface area contributed by atoms with Gasteiger partial charge in [0.15, 0.2) is 0 Å². The van der Waals surface area contributed by atoms with E-state index in [1.54, 1.807) is 9.80 Å². The number of ether oxygens (including phenoxy) is 2. The Bertz CT molecular complexity index is 2480. The molecule has 4 aromatic rings. The van der Waals surface area contributed by atoms with E-state index in [0.717, 1.165) is 46.6 Å². The molecule has 7 rings (SSSR count). The Balaban J connectivity index is 1.09. The number of rotatable bonds is 17. The van der Waals surface area contributed by atoms with Gasteiger partial charge in [-0.2, -0.15) is 0 Å². The Morgan fingerprint density at radius 1 is 0.676 bits per heavy atom. The maximum Gasteiger partial charge on any atom is 0.407 e. The molecule has 380 valence electrons. The van der Waals surface area contributed by atoms with E-state index < -0.39 is 36.2 Å². The summed E-state index contributed by atoms with van der Waals surface area (Å²) in [6, 6.07) is 25.5. The first-order valence-electron chi connectivity index (χ1n) is 24.7. The maximum atomic E-state index is 13.8. The van der Waals surface area contributed by atoms with Crippen LogP contribution in [0.15, 0.2) is 91.1 Å². The van der Waals surface area contributed by atoms with Crippen LogP contribution < -0.4 is 31.1 Å². The van der Waals surface area contributed by atoms with Crippen molar-refractivity contribution in [2.24, 2.45) is 11.8 Å². The molecule has 0 radical (unpaired) electrons.